The standard InChI is InChI=1S/C7H11NO3/c9-4-1-2-5-6(7(4)10)8-3-11-5/h2,4,6-10H,1,3H2. The van der Waals surface area contributed by atoms with E-state index in [0.29, 0.717) is 13.2 Å². The minimum absolute atomic E-state index is 0.196. The molecule has 4 nitrogen and oxygen atoms in total. The molecule has 0 bridgehead atoms. The van der Waals surface area contributed by atoms with Gasteiger partial charge in [-0.05, 0) is 12.5 Å². The van der Waals surface area contributed by atoms with Crippen LogP contribution < -0.4 is 5.32 Å². The maximum atomic E-state index is 9.41. The predicted molar refractivity (Wildman–Crippen MR) is 37.6 cm³/mol. The molecule has 2 rings (SSSR count). The van der Waals surface area contributed by atoms with E-state index >= 15 is 0 Å². The van der Waals surface area contributed by atoms with Gasteiger partial charge >= 0.3 is 0 Å². The molecule has 1 saturated heterocycles. The van der Waals surface area contributed by atoms with E-state index in [2.05, 4.69) is 5.32 Å². The third kappa shape index (κ3) is 1.03. The van der Waals surface area contributed by atoms with Crippen molar-refractivity contribution in [3.05, 3.63) is 11.8 Å². The van der Waals surface area contributed by atoms with Crippen LogP contribution in [0.15, 0.2) is 11.8 Å². The van der Waals surface area contributed by atoms with Gasteiger partial charge in [-0.2, -0.15) is 0 Å². The van der Waals surface area contributed by atoms with Crippen molar-refractivity contribution in [2.24, 2.45) is 0 Å². The topological polar surface area (TPSA) is 61.7 Å². The molecule has 1 fully saturated rings. The molecule has 0 radical (unpaired) electrons. The quantitative estimate of drug-likeness (QED) is 0.419. The number of fused-ring (bicyclic) bond motifs is 1. The highest BCUT2D eigenvalue weighted by molar-refractivity contribution is 5.15. The van der Waals surface area contributed by atoms with Crippen molar-refractivity contribution in [2.75, 3.05) is 6.73 Å². The Labute approximate surface area is 64.5 Å². The lowest BCUT2D eigenvalue weighted by atomic mass is 9.95. The van der Waals surface area contributed by atoms with E-state index in [-0.39, 0.29) is 6.04 Å². The Balaban J connectivity index is 2.20. The summed E-state index contributed by atoms with van der Waals surface area (Å²) >= 11 is 0. The van der Waals surface area contributed by atoms with E-state index in [9.17, 15) is 10.2 Å². The Morgan fingerprint density at radius 3 is 3.18 bits per heavy atom. The van der Waals surface area contributed by atoms with Gasteiger partial charge in [0, 0.05) is 0 Å². The Kier molecular flexibility index (Phi) is 1.60. The summed E-state index contributed by atoms with van der Waals surface area (Å²) in [5.41, 5.74) is 0. The average Bonchev–Trinajstić information content (AvgIpc) is 2.45. The van der Waals surface area contributed by atoms with Gasteiger partial charge in [0.25, 0.3) is 0 Å². The van der Waals surface area contributed by atoms with Crippen molar-refractivity contribution in [3.8, 4) is 0 Å². The van der Waals surface area contributed by atoms with Gasteiger partial charge in [-0.1, -0.05) is 0 Å². The van der Waals surface area contributed by atoms with Crippen molar-refractivity contribution in [3.63, 3.8) is 0 Å². The molecule has 4 heteroatoms. The van der Waals surface area contributed by atoms with Crippen molar-refractivity contribution < 1.29 is 14.9 Å². The summed E-state index contributed by atoms with van der Waals surface area (Å²) in [4.78, 5) is 0. The lowest BCUT2D eigenvalue weighted by Crippen LogP contribution is -2.45. The Hall–Kier alpha value is -0.580. The fourth-order valence-corrected chi connectivity index (χ4v) is 1.48. The highest BCUT2D eigenvalue weighted by Gasteiger charge is 2.36. The van der Waals surface area contributed by atoms with Crippen LogP contribution in [0.5, 0.6) is 0 Å². The fraction of sp³-hybridized carbons (Fsp3) is 0.714. The average molecular weight is 157 g/mol. The van der Waals surface area contributed by atoms with E-state index in [1.54, 1.807) is 0 Å². The summed E-state index contributed by atoms with van der Waals surface area (Å²) in [5.74, 6) is 0.766. The first kappa shape index (κ1) is 7.09. The first-order valence-corrected chi connectivity index (χ1v) is 3.71. The largest absolute Gasteiger partial charge is 0.481 e. The number of rotatable bonds is 0. The zero-order valence-electron chi connectivity index (χ0n) is 6.03. The second-order valence-electron chi connectivity index (χ2n) is 2.87. The van der Waals surface area contributed by atoms with Crippen LogP contribution in [0.1, 0.15) is 6.42 Å². The van der Waals surface area contributed by atoms with Crippen molar-refractivity contribution in [1.82, 2.24) is 5.32 Å². The van der Waals surface area contributed by atoms with Crippen molar-refractivity contribution >= 4 is 0 Å². The molecule has 1 aliphatic heterocycles. The van der Waals surface area contributed by atoms with E-state index < -0.39 is 12.2 Å². The molecule has 0 aromatic carbocycles. The molecular weight excluding hydrogens is 146 g/mol. The number of hydrogen-bond donors (Lipinski definition) is 3. The summed E-state index contributed by atoms with van der Waals surface area (Å²) in [6.45, 7) is 0.431. The first-order chi connectivity index (χ1) is 5.29. The van der Waals surface area contributed by atoms with Crippen LogP contribution in [0.2, 0.25) is 0 Å². The Morgan fingerprint density at radius 2 is 2.36 bits per heavy atom. The zero-order valence-corrected chi connectivity index (χ0v) is 6.03. The molecule has 0 aromatic heterocycles. The summed E-state index contributed by atoms with van der Waals surface area (Å²) in [7, 11) is 0. The summed E-state index contributed by atoms with van der Waals surface area (Å²) in [5, 5.41) is 21.6. The monoisotopic (exact) mass is 157 g/mol. The molecule has 1 heterocycles. The first-order valence-electron chi connectivity index (χ1n) is 3.71. The molecule has 0 amide bonds. The molecule has 62 valence electrons. The number of nitrogens with one attached hydrogen (secondary N) is 1. The van der Waals surface area contributed by atoms with Crippen molar-refractivity contribution in [1.29, 1.82) is 0 Å². The van der Waals surface area contributed by atoms with E-state index in [1.807, 2.05) is 6.08 Å². The highest BCUT2D eigenvalue weighted by Crippen LogP contribution is 2.23. The van der Waals surface area contributed by atoms with Gasteiger partial charge in [-0.3, -0.25) is 5.32 Å². The number of hydrogen-bond acceptors (Lipinski definition) is 4. The second kappa shape index (κ2) is 2.48. The molecule has 0 spiro atoms. The lowest BCUT2D eigenvalue weighted by molar-refractivity contribution is 0.000651. The summed E-state index contributed by atoms with van der Waals surface area (Å²) in [6, 6.07) is -0.196. The second-order valence-corrected chi connectivity index (χ2v) is 2.87. The third-order valence-electron chi connectivity index (χ3n) is 2.14. The maximum absolute atomic E-state index is 9.41. The summed E-state index contributed by atoms with van der Waals surface area (Å²) < 4.78 is 5.15. The van der Waals surface area contributed by atoms with Crippen LogP contribution in [-0.2, 0) is 4.74 Å². The smallest absolute Gasteiger partial charge is 0.139 e. The molecular formula is C7H11NO3. The van der Waals surface area contributed by atoms with Crippen LogP contribution in [0.3, 0.4) is 0 Å². The Bertz CT molecular complexity index is 192. The molecule has 3 N–H and O–H groups in total. The molecule has 2 aliphatic rings. The molecule has 11 heavy (non-hydrogen) atoms. The summed E-state index contributed by atoms with van der Waals surface area (Å²) in [6.07, 6.45) is 0.923. The third-order valence-corrected chi connectivity index (χ3v) is 2.14. The predicted octanol–water partition coefficient (Wildman–Crippen LogP) is -1.06. The molecule has 3 unspecified atom stereocenters. The van der Waals surface area contributed by atoms with Crippen LogP contribution in [-0.4, -0.2) is 35.2 Å². The number of ether oxygens (including phenoxy) is 1. The minimum atomic E-state index is -0.725. The maximum Gasteiger partial charge on any atom is 0.139 e. The Morgan fingerprint density at radius 1 is 1.55 bits per heavy atom. The van der Waals surface area contributed by atoms with Gasteiger partial charge in [0.05, 0.1) is 12.1 Å². The van der Waals surface area contributed by atoms with Crippen molar-refractivity contribution in [2.45, 2.75) is 24.7 Å². The van der Waals surface area contributed by atoms with Crippen LogP contribution in [0.4, 0.5) is 0 Å². The van der Waals surface area contributed by atoms with E-state index in [0.717, 1.165) is 5.76 Å². The lowest BCUT2D eigenvalue weighted by Gasteiger charge is -2.26. The SMILES string of the molecule is OC1CC=C2OCNC2C1O. The number of aliphatic hydroxyl groups excluding tert-OH is 2. The molecule has 0 saturated carbocycles. The van der Waals surface area contributed by atoms with Gasteiger partial charge in [-0.15, -0.1) is 0 Å². The molecule has 1 aliphatic carbocycles. The van der Waals surface area contributed by atoms with Crippen LogP contribution in [0, 0.1) is 0 Å². The van der Waals surface area contributed by atoms with Crippen LogP contribution >= 0.6 is 0 Å². The fourth-order valence-electron chi connectivity index (χ4n) is 1.48. The van der Waals surface area contributed by atoms with Gasteiger partial charge in [0.2, 0.25) is 0 Å². The molecule has 3 atom stereocenters. The van der Waals surface area contributed by atoms with Gasteiger partial charge in [-0.25, -0.2) is 0 Å². The van der Waals surface area contributed by atoms with E-state index in [1.165, 1.54) is 0 Å². The van der Waals surface area contributed by atoms with E-state index in [4.69, 9.17) is 4.74 Å². The molecule has 0 aromatic rings. The van der Waals surface area contributed by atoms with Gasteiger partial charge in [0.1, 0.15) is 18.6 Å². The minimum Gasteiger partial charge on any atom is -0.481 e. The number of aliphatic hydroxyl groups is 2. The van der Waals surface area contributed by atoms with Crippen LogP contribution in [0.25, 0.3) is 0 Å². The highest BCUT2D eigenvalue weighted by atomic mass is 16.5. The zero-order chi connectivity index (χ0) is 7.84. The van der Waals surface area contributed by atoms with Gasteiger partial charge in [0.15, 0.2) is 0 Å². The van der Waals surface area contributed by atoms with Gasteiger partial charge < -0.3 is 14.9 Å². The normalized spacial score (nSPS) is 42.7.